The van der Waals surface area contributed by atoms with Crippen molar-refractivity contribution in [2.24, 2.45) is 0 Å². The molecule has 2 aromatic carbocycles. The largest absolute Gasteiger partial charge is 0.493 e. The highest BCUT2D eigenvalue weighted by molar-refractivity contribution is 8.13. The van der Waals surface area contributed by atoms with Crippen LogP contribution in [0, 0.1) is 6.92 Å². The molecule has 0 saturated carbocycles. The summed E-state index contributed by atoms with van der Waals surface area (Å²) in [6.45, 7) is 1.66. The first-order valence-electron chi connectivity index (χ1n) is 5.78. The Hall–Kier alpha value is -1.72. The molecular formula is C14H13ClO4S. The highest BCUT2D eigenvalue weighted by atomic mass is 35.7. The van der Waals surface area contributed by atoms with Crippen molar-refractivity contribution in [1.29, 1.82) is 0 Å². The Morgan fingerprint density at radius 1 is 1.05 bits per heavy atom. The Morgan fingerprint density at radius 3 is 2.25 bits per heavy atom. The van der Waals surface area contributed by atoms with Crippen molar-refractivity contribution in [3.63, 3.8) is 0 Å². The normalized spacial score (nSPS) is 11.2. The highest BCUT2D eigenvalue weighted by Crippen LogP contribution is 2.32. The molecule has 0 aliphatic rings. The molecule has 0 aromatic heterocycles. The molecule has 0 radical (unpaired) electrons. The van der Waals surface area contributed by atoms with E-state index in [0.717, 1.165) is 0 Å². The van der Waals surface area contributed by atoms with E-state index in [-0.39, 0.29) is 4.90 Å². The quantitative estimate of drug-likeness (QED) is 0.807. The van der Waals surface area contributed by atoms with E-state index in [0.29, 0.717) is 22.8 Å². The third-order valence-electron chi connectivity index (χ3n) is 2.71. The molecule has 0 bridgehead atoms. The molecule has 0 aliphatic heterocycles. The second kappa shape index (κ2) is 5.73. The van der Waals surface area contributed by atoms with Crippen molar-refractivity contribution >= 4 is 19.7 Å². The lowest BCUT2D eigenvalue weighted by molar-refractivity contribution is 0.378. The molecule has 2 rings (SSSR count). The molecule has 4 nitrogen and oxygen atoms in total. The van der Waals surface area contributed by atoms with E-state index in [2.05, 4.69) is 0 Å². The van der Waals surface area contributed by atoms with Crippen molar-refractivity contribution in [3.8, 4) is 17.2 Å². The number of para-hydroxylation sites is 2. The van der Waals surface area contributed by atoms with E-state index in [1.807, 2.05) is 12.1 Å². The minimum atomic E-state index is -3.74. The average Bonchev–Trinajstić information content (AvgIpc) is 2.38. The summed E-state index contributed by atoms with van der Waals surface area (Å²) < 4.78 is 33.5. The Morgan fingerprint density at radius 2 is 1.70 bits per heavy atom. The van der Waals surface area contributed by atoms with Gasteiger partial charge in [-0.15, -0.1) is 0 Å². The number of halogens is 1. The van der Waals surface area contributed by atoms with Crippen molar-refractivity contribution in [2.75, 3.05) is 7.11 Å². The lowest BCUT2D eigenvalue weighted by atomic mass is 10.2. The number of hydrogen-bond acceptors (Lipinski definition) is 4. The Kier molecular flexibility index (Phi) is 4.20. The minimum Gasteiger partial charge on any atom is -0.493 e. The lowest BCUT2D eigenvalue weighted by Gasteiger charge is -2.11. The zero-order valence-corrected chi connectivity index (χ0v) is 12.5. The summed E-state index contributed by atoms with van der Waals surface area (Å²) in [5.74, 6) is 1.66. The smallest absolute Gasteiger partial charge is 0.261 e. The number of aryl methyl sites for hydroxylation is 1. The second-order valence-electron chi connectivity index (χ2n) is 4.12. The van der Waals surface area contributed by atoms with Crippen LogP contribution in [0.5, 0.6) is 17.2 Å². The molecule has 0 N–H and O–H groups in total. The van der Waals surface area contributed by atoms with Crippen LogP contribution in [0.4, 0.5) is 0 Å². The van der Waals surface area contributed by atoms with Gasteiger partial charge in [-0.25, -0.2) is 8.42 Å². The van der Waals surface area contributed by atoms with Gasteiger partial charge in [-0.2, -0.15) is 0 Å². The topological polar surface area (TPSA) is 52.6 Å². The van der Waals surface area contributed by atoms with Gasteiger partial charge in [-0.05, 0) is 42.8 Å². The summed E-state index contributed by atoms with van der Waals surface area (Å²) in [7, 11) is 3.14. The number of ether oxygens (including phenoxy) is 2. The molecule has 0 saturated heterocycles. The SMILES string of the molecule is COc1ccccc1Oc1ccc(S(=O)(=O)Cl)c(C)c1. The summed E-state index contributed by atoms with van der Waals surface area (Å²) in [5.41, 5.74) is 0.521. The van der Waals surface area contributed by atoms with Gasteiger partial charge in [0.2, 0.25) is 0 Å². The van der Waals surface area contributed by atoms with Gasteiger partial charge in [-0.3, -0.25) is 0 Å². The maximum absolute atomic E-state index is 11.3. The van der Waals surface area contributed by atoms with Crippen LogP contribution in [-0.2, 0) is 9.05 Å². The minimum absolute atomic E-state index is 0.0755. The van der Waals surface area contributed by atoms with Gasteiger partial charge in [0.05, 0.1) is 12.0 Å². The Labute approximate surface area is 122 Å². The predicted molar refractivity (Wildman–Crippen MR) is 77.3 cm³/mol. The standard InChI is InChI=1S/C14H13ClO4S/c1-10-9-11(7-8-14(10)20(15,16)17)19-13-6-4-3-5-12(13)18-2/h3-9H,1-2H3. The van der Waals surface area contributed by atoms with E-state index in [1.54, 1.807) is 38.3 Å². The van der Waals surface area contributed by atoms with Gasteiger partial charge < -0.3 is 9.47 Å². The van der Waals surface area contributed by atoms with E-state index >= 15 is 0 Å². The van der Waals surface area contributed by atoms with Crippen LogP contribution in [0.15, 0.2) is 47.4 Å². The number of benzene rings is 2. The van der Waals surface area contributed by atoms with Crippen LogP contribution in [0.3, 0.4) is 0 Å². The van der Waals surface area contributed by atoms with Crippen LogP contribution < -0.4 is 9.47 Å². The second-order valence-corrected chi connectivity index (χ2v) is 6.65. The first-order chi connectivity index (χ1) is 9.41. The summed E-state index contributed by atoms with van der Waals surface area (Å²) >= 11 is 0. The highest BCUT2D eigenvalue weighted by Gasteiger charge is 2.14. The van der Waals surface area contributed by atoms with E-state index in [9.17, 15) is 8.42 Å². The molecule has 0 heterocycles. The monoisotopic (exact) mass is 312 g/mol. The lowest BCUT2D eigenvalue weighted by Crippen LogP contribution is -1.95. The fourth-order valence-electron chi connectivity index (χ4n) is 1.79. The molecular weight excluding hydrogens is 300 g/mol. The molecule has 2 aromatic rings. The summed E-state index contributed by atoms with van der Waals surface area (Å²) in [5, 5.41) is 0. The van der Waals surface area contributed by atoms with Gasteiger partial charge in [-0.1, -0.05) is 12.1 Å². The molecule has 20 heavy (non-hydrogen) atoms. The summed E-state index contributed by atoms with van der Waals surface area (Å²) in [6, 6.07) is 11.8. The van der Waals surface area contributed by atoms with Gasteiger partial charge in [0.1, 0.15) is 5.75 Å². The first-order valence-corrected chi connectivity index (χ1v) is 8.09. The van der Waals surface area contributed by atoms with E-state index in [1.165, 1.54) is 6.07 Å². The molecule has 6 heteroatoms. The zero-order chi connectivity index (χ0) is 14.8. The first kappa shape index (κ1) is 14.7. The molecule has 0 atom stereocenters. The van der Waals surface area contributed by atoms with Gasteiger partial charge in [0.25, 0.3) is 9.05 Å². The van der Waals surface area contributed by atoms with Crippen LogP contribution in [0.2, 0.25) is 0 Å². The van der Waals surface area contributed by atoms with Crippen LogP contribution in [-0.4, -0.2) is 15.5 Å². The van der Waals surface area contributed by atoms with Crippen LogP contribution in [0.1, 0.15) is 5.56 Å². The molecule has 0 amide bonds. The molecule has 106 valence electrons. The van der Waals surface area contributed by atoms with Gasteiger partial charge in [0, 0.05) is 10.7 Å². The number of rotatable bonds is 4. The Balaban J connectivity index is 2.34. The summed E-state index contributed by atoms with van der Waals surface area (Å²) in [4.78, 5) is 0.0755. The van der Waals surface area contributed by atoms with Crippen molar-refractivity contribution in [2.45, 2.75) is 11.8 Å². The van der Waals surface area contributed by atoms with Crippen molar-refractivity contribution in [3.05, 3.63) is 48.0 Å². The van der Waals surface area contributed by atoms with Crippen molar-refractivity contribution in [1.82, 2.24) is 0 Å². The van der Waals surface area contributed by atoms with Gasteiger partial charge in [0.15, 0.2) is 11.5 Å². The molecule has 0 aliphatic carbocycles. The average molecular weight is 313 g/mol. The van der Waals surface area contributed by atoms with E-state index < -0.39 is 9.05 Å². The number of hydrogen-bond donors (Lipinski definition) is 0. The zero-order valence-electron chi connectivity index (χ0n) is 11.0. The summed E-state index contributed by atoms with van der Waals surface area (Å²) in [6.07, 6.45) is 0. The third-order valence-corrected chi connectivity index (χ3v) is 4.19. The molecule has 0 fully saturated rings. The fraction of sp³-hybridized carbons (Fsp3) is 0.143. The van der Waals surface area contributed by atoms with Crippen LogP contribution in [0.25, 0.3) is 0 Å². The number of methoxy groups -OCH3 is 1. The van der Waals surface area contributed by atoms with Crippen molar-refractivity contribution < 1.29 is 17.9 Å². The van der Waals surface area contributed by atoms with Crippen LogP contribution >= 0.6 is 10.7 Å². The Bertz CT molecular complexity index is 726. The van der Waals surface area contributed by atoms with Gasteiger partial charge >= 0.3 is 0 Å². The fourth-order valence-corrected chi connectivity index (χ4v) is 2.98. The predicted octanol–water partition coefficient (Wildman–Crippen LogP) is 3.72. The van der Waals surface area contributed by atoms with E-state index in [4.69, 9.17) is 20.2 Å². The maximum atomic E-state index is 11.3. The maximum Gasteiger partial charge on any atom is 0.261 e. The third kappa shape index (κ3) is 3.23. The molecule has 0 spiro atoms. The molecule has 0 unspecified atom stereocenters.